The van der Waals surface area contributed by atoms with Gasteiger partial charge in [0.25, 0.3) is 0 Å². The van der Waals surface area contributed by atoms with Gasteiger partial charge in [-0.05, 0) is 12.1 Å². The van der Waals surface area contributed by atoms with Gasteiger partial charge in [-0.3, -0.25) is 4.79 Å². The highest BCUT2D eigenvalue weighted by Gasteiger charge is 2.10. The number of carbonyl (C=O) groups is 1. The Morgan fingerprint density at radius 3 is 2.62 bits per heavy atom. The summed E-state index contributed by atoms with van der Waals surface area (Å²) in [5, 5.41) is 3.80. The Morgan fingerprint density at radius 1 is 1.31 bits per heavy atom. The second-order valence-electron chi connectivity index (χ2n) is 3.11. The molecule has 0 unspecified atom stereocenters. The lowest BCUT2D eigenvalue weighted by Crippen LogP contribution is -2.03. The Balaban J connectivity index is 2.54. The van der Waals surface area contributed by atoms with Gasteiger partial charge in [-0.2, -0.15) is 5.10 Å². The average molecular weight is 223 g/mol. The molecule has 1 aromatic heterocycles. The summed E-state index contributed by atoms with van der Waals surface area (Å²) < 4.78 is 26.8. The Kier molecular flexibility index (Phi) is 2.40. The molecule has 0 aliphatic rings. The van der Waals surface area contributed by atoms with Crippen LogP contribution in [0, 0.1) is 11.6 Å². The number of hydrogen-bond donors (Lipinski definition) is 1. The van der Waals surface area contributed by atoms with Crippen LogP contribution in [0.3, 0.4) is 0 Å². The summed E-state index contributed by atoms with van der Waals surface area (Å²) in [4.78, 5) is 10.5. The maximum Gasteiger partial charge on any atom is 0.160 e. The van der Waals surface area contributed by atoms with Gasteiger partial charge in [0.05, 0.1) is 17.4 Å². The molecule has 6 heteroatoms. The van der Waals surface area contributed by atoms with Crippen LogP contribution in [0.15, 0.2) is 24.4 Å². The molecule has 2 aromatic rings. The SMILES string of the molecule is Nc1c(C=O)cnn1-c1ccc(F)c(F)c1. The highest BCUT2D eigenvalue weighted by atomic mass is 19.2. The van der Waals surface area contributed by atoms with Crippen LogP contribution in [0.2, 0.25) is 0 Å². The van der Waals surface area contributed by atoms with E-state index in [1.54, 1.807) is 0 Å². The number of nitrogen functional groups attached to an aromatic ring is 1. The fourth-order valence-corrected chi connectivity index (χ4v) is 1.28. The van der Waals surface area contributed by atoms with Gasteiger partial charge in [0.1, 0.15) is 5.82 Å². The molecule has 0 atom stereocenters. The highest BCUT2D eigenvalue weighted by molar-refractivity contribution is 5.81. The lowest BCUT2D eigenvalue weighted by molar-refractivity contribution is 0.112. The van der Waals surface area contributed by atoms with Gasteiger partial charge in [0.15, 0.2) is 17.9 Å². The fraction of sp³-hybridized carbons (Fsp3) is 0. The summed E-state index contributed by atoms with van der Waals surface area (Å²) in [6.45, 7) is 0. The van der Waals surface area contributed by atoms with E-state index in [2.05, 4.69) is 5.10 Å². The smallest absolute Gasteiger partial charge is 0.160 e. The zero-order chi connectivity index (χ0) is 11.7. The number of rotatable bonds is 2. The largest absolute Gasteiger partial charge is 0.383 e. The van der Waals surface area contributed by atoms with Crippen molar-refractivity contribution >= 4 is 12.1 Å². The molecule has 0 bridgehead atoms. The number of aldehydes is 1. The second-order valence-corrected chi connectivity index (χ2v) is 3.11. The summed E-state index contributed by atoms with van der Waals surface area (Å²) >= 11 is 0. The van der Waals surface area contributed by atoms with Gasteiger partial charge < -0.3 is 5.73 Å². The van der Waals surface area contributed by atoms with Crippen molar-refractivity contribution in [2.45, 2.75) is 0 Å². The van der Waals surface area contributed by atoms with Gasteiger partial charge in [-0.1, -0.05) is 0 Å². The molecular formula is C10H7F2N3O. The number of halogens is 2. The fourth-order valence-electron chi connectivity index (χ4n) is 1.28. The monoisotopic (exact) mass is 223 g/mol. The number of benzene rings is 1. The third-order valence-electron chi connectivity index (χ3n) is 2.11. The molecule has 1 heterocycles. The molecular weight excluding hydrogens is 216 g/mol. The van der Waals surface area contributed by atoms with E-state index in [0.717, 1.165) is 16.8 Å². The lowest BCUT2D eigenvalue weighted by Gasteiger charge is -2.04. The Morgan fingerprint density at radius 2 is 2.06 bits per heavy atom. The zero-order valence-electron chi connectivity index (χ0n) is 8.02. The summed E-state index contributed by atoms with van der Waals surface area (Å²) in [5.41, 5.74) is 6.04. The second kappa shape index (κ2) is 3.73. The van der Waals surface area contributed by atoms with Crippen molar-refractivity contribution in [3.05, 3.63) is 41.6 Å². The summed E-state index contributed by atoms with van der Waals surface area (Å²) in [6, 6.07) is 3.23. The predicted molar refractivity (Wildman–Crippen MR) is 53.3 cm³/mol. The standard InChI is InChI=1S/C10H7F2N3O/c11-8-2-1-7(3-9(8)12)15-10(13)6(5-16)4-14-15/h1-5H,13H2. The van der Waals surface area contributed by atoms with Gasteiger partial charge in [0.2, 0.25) is 0 Å². The van der Waals surface area contributed by atoms with Crippen molar-refractivity contribution in [3.8, 4) is 5.69 Å². The molecule has 0 aliphatic heterocycles. The molecule has 0 amide bonds. The molecule has 0 radical (unpaired) electrons. The minimum absolute atomic E-state index is 0.0843. The molecule has 2 rings (SSSR count). The number of nitrogens with zero attached hydrogens (tertiary/aromatic N) is 2. The summed E-state index contributed by atoms with van der Waals surface area (Å²) in [5.74, 6) is -1.87. The van der Waals surface area contributed by atoms with Crippen LogP contribution in [0.5, 0.6) is 0 Å². The van der Waals surface area contributed by atoms with E-state index in [-0.39, 0.29) is 17.1 Å². The van der Waals surface area contributed by atoms with Crippen LogP contribution in [0.1, 0.15) is 10.4 Å². The third kappa shape index (κ3) is 1.54. The van der Waals surface area contributed by atoms with Crippen molar-refractivity contribution in [2.75, 3.05) is 5.73 Å². The van der Waals surface area contributed by atoms with Gasteiger partial charge in [-0.15, -0.1) is 0 Å². The number of hydrogen-bond acceptors (Lipinski definition) is 3. The first kappa shape index (κ1) is 10.3. The first-order valence-corrected chi connectivity index (χ1v) is 4.37. The minimum atomic E-state index is -1.000. The maximum atomic E-state index is 13.0. The van der Waals surface area contributed by atoms with Crippen LogP contribution < -0.4 is 5.73 Å². The van der Waals surface area contributed by atoms with E-state index in [0.29, 0.717) is 6.29 Å². The number of nitrogens with two attached hydrogens (primary N) is 1. The van der Waals surface area contributed by atoms with Crippen molar-refractivity contribution in [1.82, 2.24) is 9.78 Å². The molecule has 0 aliphatic carbocycles. The average Bonchev–Trinajstić information content (AvgIpc) is 2.64. The van der Waals surface area contributed by atoms with Gasteiger partial charge in [0, 0.05) is 6.07 Å². The Hall–Kier alpha value is -2.24. The van der Waals surface area contributed by atoms with E-state index >= 15 is 0 Å². The summed E-state index contributed by atoms with van der Waals surface area (Å²) in [7, 11) is 0. The Labute approximate surface area is 89.3 Å². The van der Waals surface area contributed by atoms with E-state index in [1.807, 2.05) is 0 Å². The molecule has 82 valence electrons. The number of anilines is 1. The van der Waals surface area contributed by atoms with Crippen molar-refractivity contribution in [1.29, 1.82) is 0 Å². The highest BCUT2D eigenvalue weighted by Crippen LogP contribution is 2.17. The molecule has 4 nitrogen and oxygen atoms in total. The first-order valence-electron chi connectivity index (χ1n) is 4.37. The molecule has 1 aromatic carbocycles. The van der Waals surface area contributed by atoms with Crippen LogP contribution >= 0.6 is 0 Å². The van der Waals surface area contributed by atoms with Crippen LogP contribution in [0.25, 0.3) is 5.69 Å². The zero-order valence-corrected chi connectivity index (χ0v) is 8.02. The van der Waals surface area contributed by atoms with E-state index in [9.17, 15) is 13.6 Å². The van der Waals surface area contributed by atoms with Crippen molar-refractivity contribution < 1.29 is 13.6 Å². The van der Waals surface area contributed by atoms with Crippen LogP contribution in [-0.4, -0.2) is 16.1 Å². The molecule has 2 N–H and O–H groups in total. The molecule has 0 saturated heterocycles. The molecule has 0 saturated carbocycles. The molecule has 16 heavy (non-hydrogen) atoms. The van der Waals surface area contributed by atoms with Crippen molar-refractivity contribution in [2.24, 2.45) is 0 Å². The summed E-state index contributed by atoms with van der Waals surface area (Å²) in [6.07, 6.45) is 1.79. The Bertz CT molecular complexity index is 551. The van der Waals surface area contributed by atoms with Crippen LogP contribution in [0.4, 0.5) is 14.6 Å². The molecule has 0 fully saturated rings. The molecule has 0 spiro atoms. The van der Waals surface area contributed by atoms with Gasteiger partial charge >= 0.3 is 0 Å². The van der Waals surface area contributed by atoms with Crippen molar-refractivity contribution in [3.63, 3.8) is 0 Å². The quantitative estimate of drug-likeness (QED) is 0.785. The lowest BCUT2D eigenvalue weighted by atomic mass is 10.3. The third-order valence-corrected chi connectivity index (χ3v) is 2.11. The maximum absolute atomic E-state index is 13.0. The van der Waals surface area contributed by atoms with Gasteiger partial charge in [-0.25, -0.2) is 13.5 Å². The van der Waals surface area contributed by atoms with E-state index in [1.165, 1.54) is 12.3 Å². The number of aromatic nitrogens is 2. The topological polar surface area (TPSA) is 60.9 Å². The normalized spacial score (nSPS) is 10.4. The van der Waals surface area contributed by atoms with E-state index < -0.39 is 11.6 Å². The van der Waals surface area contributed by atoms with E-state index in [4.69, 9.17) is 5.73 Å². The first-order chi connectivity index (χ1) is 7.63. The predicted octanol–water partition coefficient (Wildman–Crippen LogP) is 1.55. The number of carbonyl (C=O) groups excluding carboxylic acids is 1. The minimum Gasteiger partial charge on any atom is -0.383 e. The van der Waals surface area contributed by atoms with Crippen LogP contribution in [-0.2, 0) is 0 Å².